The molecule has 1 saturated carbocycles. The number of hydrogen-bond acceptors (Lipinski definition) is 4. The van der Waals surface area contributed by atoms with Crippen molar-refractivity contribution in [3.8, 4) is 0 Å². The van der Waals surface area contributed by atoms with Gasteiger partial charge in [0, 0.05) is 12.6 Å². The lowest BCUT2D eigenvalue weighted by molar-refractivity contribution is 0.367. The zero-order chi connectivity index (χ0) is 14.5. The number of likely N-dealkylation sites (N-methyl/N-ethyl adjacent to an activating group) is 1. The van der Waals surface area contributed by atoms with E-state index in [1.807, 2.05) is 19.0 Å². The molecule has 1 aromatic rings. The molecule has 1 heterocycles. The van der Waals surface area contributed by atoms with Crippen molar-refractivity contribution in [1.29, 1.82) is 0 Å². The van der Waals surface area contributed by atoms with E-state index in [1.165, 1.54) is 36.8 Å². The summed E-state index contributed by atoms with van der Waals surface area (Å²) in [6, 6.07) is 0.471. The van der Waals surface area contributed by atoms with Crippen LogP contribution < -0.4 is 10.9 Å². The van der Waals surface area contributed by atoms with Crippen molar-refractivity contribution < 1.29 is 0 Å². The monoisotopic (exact) mass is 342 g/mol. The molecule has 1 aliphatic carbocycles. The van der Waals surface area contributed by atoms with Crippen LogP contribution in [0.1, 0.15) is 32.1 Å². The molecular formula is C14H23BrN4O. The Balaban J connectivity index is 2.07. The van der Waals surface area contributed by atoms with Gasteiger partial charge < -0.3 is 10.2 Å². The molecule has 0 saturated heterocycles. The van der Waals surface area contributed by atoms with Crippen LogP contribution in [0.2, 0.25) is 0 Å². The predicted molar refractivity (Wildman–Crippen MR) is 85.2 cm³/mol. The van der Waals surface area contributed by atoms with Gasteiger partial charge in [-0.3, -0.25) is 4.79 Å². The molecule has 0 spiro atoms. The second-order valence-corrected chi connectivity index (χ2v) is 6.48. The van der Waals surface area contributed by atoms with Crippen LogP contribution in [-0.4, -0.2) is 41.4 Å². The molecule has 5 nitrogen and oxygen atoms in total. The van der Waals surface area contributed by atoms with Crippen molar-refractivity contribution in [3.05, 3.63) is 21.0 Å². The lowest BCUT2D eigenvalue weighted by Crippen LogP contribution is -2.30. The minimum atomic E-state index is -0.0624. The lowest BCUT2D eigenvalue weighted by Gasteiger charge is -2.24. The summed E-state index contributed by atoms with van der Waals surface area (Å²) >= 11 is 3.42. The molecule has 2 rings (SSSR count). The van der Waals surface area contributed by atoms with Crippen LogP contribution >= 0.6 is 15.9 Å². The maximum atomic E-state index is 12.2. The van der Waals surface area contributed by atoms with Gasteiger partial charge in [-0.2, -0.15) is 5.10 Å². The molecule has 0 unspecified atom stereocenters. The number of hydrogen-bond donors (Lipinski definition) is 1. The van der Waals surface area contributed by atoms with E-state index in [1.54, 1.807) is 6.20 Å². The maximum absolute atomic E-state index is 12.2. The van der Waals surface area contributed by atoms with E-state index in [-0.39, 0.29) is 5.56 Å². The fourth-order valence-corrected chi connectivity index (χ4v) is 2.91. The first-order chi connectivity index (χ1) is 9.58. The molecule has 6 heteroatoms. The highest BCUT2D eigenvalue weighted by Gasteiger charge is 2.16. The second-order valence-electron chi connectivity index (χ2n) is 5.68. The summed E-state index contributed by atoms with van der Waals surface area (Å²) in [5, 5.41) is 7.71. The smallest absolute Gasteiger partial charge is 0.283 e. The van der Waals surface area contributed by atoms with Crippen LogP contribution in [0.15, 0.2) is 15.5 Å². The SMILES string of the molecule is CN(C)CCn1ncc(NC2CCCCC2)c(Br)c1=O. The second kappa shape index (κ2) is 7.22. The van der Waals surface area contributed by atoms with Crippen molar-refractivity contribution in [1.82, 2.24) is 14.7 Å². The van der Waals surface area contributed by atoms with Crippen molar-refractivity contribution in [2.24, 2.45) is 0 Å². The van der Waals surface area contributed by atoms with Crippen LogP contribution in [-0.2, 0) is 6.54 Å². The summed E-state index contributed by atoms with van der Waals surface area (Å²) in [6.07, 6.45) is 7.97. The molecular weight excluding hydrogens is 320 g/mol. The third kappa shape index (κ3) is 4.06. The minimum absolute atomic E-state index is 0.0624. The zero-order valence-electron chi connectivity index (χ0n) is 12.2. The standard InChI is InChI=1S/C14H23BrN4O/c1-18(2)8-9-19-14(20)13(15)12(10-16-19)17-11-6-4-3-5-7-11/h10-11,17H,3-9H2,1-2H3. The Hall–Kier alpha value is -0.880. The molecule has 20 heavy (non-hydrogen) atoms. The van der Waals surface area contributed by atoms with Crippen LogP contribution in [0.4, 0.5) is 5.69 Å². The number of rotatable bonds is 5. The zero-order valence-corrected chi connectivity index (χ0v) is 13.8. The van der Waals surface area contributed by atoms with Crippen LogP contribution in [0.3, 0.4) is 0 Å². The van der Waals surface area contributed by atoms with Crippen molar-refractivity contribution >= 4 is 21.6 Å². The number of anilines is 1. The molecule has 1 fully saturated rings. The van der Waals surface area contributed by atoms with Crippen molar-refractivity contribution in [2.75, 3.05) is 26.0 Å². The predicted octanol–water partition coefficient (Wildman–Crippen LogP) is 2.31. The molecule has 0 atom stereocenters. The van der Waals surface area contributed by atoms with Gasteiger partial charge in [0.25, 0.3) is 5.56 Å². The van der Waals surface area contributed by atoms with Gasteiger partial charge in [-0.25, -0.2) is 4.68 Å². The number of halogens is 1. The van der Waals surface area contributed by atoms with E-state index in [4.69, 9.17) is 0 Å². The van der Waals surface area contributed by atoms with Crippen LogP contribution in [0.5, 0.6) is 0 Å². The lowest BCUT2D eigenvalue weighted by atomic mass is 9.95. The van der Waals surface area contributed by atoms with Gasteiger partial charge in [-0.15, -0.1) is 0 Å². The third-order valence-electron chi connectivity index (χ3n) is 3.71. The topological polar surface area (TPSA) is 50.2 Å². The summed E-state index contributed by atoms with van der Waals surface area (Å²) in [5.74, 6) is 0. The Morgan fingerprint density at radius 3 is 2.75 bits per heavy atom. The summed E-state index contributed by atoms with van der Waals surface area (Å²) in [6.45, 7) is 1.41. The van der Waals surface area contributed by atoms with E-state index >= 15 is 0 Å². The summed E-state index contributed by atoms with van der Waals surface area (Å²) in [5.41, 5.74) is 0.760. The van der Waals surface area contributed by atoms with E-state index < -0.39 is 0 Å². The fraction of sp³-hybridized carbons (Fsp3) is 0.714. The summed E-state index contributed by atoms with van der Waals surface area (Å²) < 4.78 is 2.10. The van der Waals surface area contributed by atoms with Gasteiger partial charge in [0.2, 0.25) is 0 Å². The van der Waals surface area contributed by atoms with Crippen molar-refractivity contribution in [2.45, 2.75) is 44.7 Å². The van der Waals surface area contributed by atoms with E-state index in [0.29, 0.717) is 17.1 Å². The molecule has 0 aromatic carbocycles. The molecule has 0 bridgehead atoms. The molecule has 0 aliphatic heterocycles. The van der Waals surface area contributed by atoms with Crippen LogP contribution in [0.25, 0.3) is 0 Å². The molecule has 1 N–H and O–H groups in total. The van der Waals surface area contributed by atoms with E-state index in [2.05, 4.69) is 26.3 Å². The Labute approximate surface area is 128 Å². The largest absolute Gasteiger partial charge is 0.380 e. The highest BCUT2D eigenvalue weighted by atomic mass is 79.9. The number of nitrogens with one attached hydrogen (secondary N) is 1. The normalized spacial score (nSPS) is 16.6. The molecule has 0 radical (unpaired) electrons. The van der Waals surface area contributed by atoms with Crippen molar-refractivity contribution in [3.63, 3.8) is 0 Å². The first kappa shape index (κ1) is 15.5. The molecule has 112 valence electrons. The van der Waals surface area contributed by atoms with Crippen LogP contribution in [0, 0.1) is 0 Å². The number of aromatic nitrogens is 2. The fourth-order valence-electron chi connectivity index (χ4n) is 2.49. The minimum Gasteiger partial charge on any atom is -0.380 e. The van der Waals surface area contributed by atoms with Gasteiger partial charge in [-0.05, 0) is 42.9 Å². The summed E-state index contributed by atoms with van der Waals surface area (Å²) in [4.78, 5) is 14.3. The van der Waals surface area contributed by atoms with Gasteiger partial charge in [-0.1, -0.05) is 19.3 Å². The Kier molecular flexibility index (Phi) is 5.60. The summed E-state index contributed by atoms with van der Waals surface area (Å²) in [7, 11) is 3.97. The average molecular weight is 343 g/mol. The van der Waals surface area contributed by atoms with Gasteiger partial charge in [0.1, 0.15) is 4.47 Å². The maximum Gasteiger partial charge on any atom is 0.283 e. The van der Waals surface area contributed by atoms with E-state index in [9.17, 15) is 4.79 Å². The quantitative estimate of drug-likeness (QED) is 0.891. The highest BCUT2D eigenvalue weighted by Crippen LogP contribution is 2.24. The molecule has 1 aliphatic rings. The Morgan fingerprint density at radius 2 is 2.10 bits per heavy atom. The van der Waals surface area contributed by atoms with Gasteiger partial charge in [0.05, 0.1) is 18.4 Å². The average Bonchev–Trinajstić information content (AvgIpc) is 2.44. The first-order valence-electron chi connectivity index (χ1n) is 7.25. The third-order valence-corrected chi connectivity index (χ3v) is 4.48. The first-order valence-corrected chi connectivity index (χ1v) is 8.04. The van der Waals surface area contributed by atoms with Gasteiger partial charge in [0.15, 0.2) is 0 Å². The Bertz CT molecular complexity index is 494. The van der Waals surface area contributed by atoms with E-state index in [0.717, 1.165) is 12.2 Å². The Morgan fingerprint density at radius 1 is 1.40 bits per heavy atom. The molecule has 1 aromatic heterocycles. The van der Waals surface area contributed by atoms with Gasteiger partial charge >= 0.3 is 0 Å². The highest BCUT2D eigenvalue weighted by molar-refractivity contribution is 9.10. The molecule has 0 amide bonds. The number of nitrogens with zero attached hydrogens (tertiary/aromatic N) is 3.